The highest BCUT2D eigenvalue weighted by molar-refractivity contribution is 5.23. The minimum atomic E-state index is 0.183. The van der Waals surface area contributed by atoms with Crippen LogP contribution in [0.5, 0.6) is 0 Å². The standard InChI is InChI=1S/C16H26N2/c1-16(2,13-7-4-3-5-8-13)12-18-15-10-6-9-14(17)11-15/h3-5,7-8,14-15,18H,6,9-12,17H2,1-2H3. The third-order valence-electron chi connectivity index (χ3n) is 4.10. The summed E-state index contributed by atoms with van der Waals surface area (Å²) >= 11 is 0. The summed E-state index contributed by atoms with van der Waals surface area (Å²) in [5, 5.41) is 3.71. The molecular weight excluding hydrogens is 220 g/mol. The molecule has 2 atom stereocenters. The van der Waals surface area contributed by atoms with Gasteiger partial charge in [-0.2, -0.15) is 0 Å². The molecule has 2 heteroatoms. The molecule has 100 valence electrons. The number of nitrogens with two attached hydrogens (primary N) is 1. The summed E-state index contributed by atoms with van der Waals surface area (Å²) < 4.78 is 0. The van der Waals surface area contributed by atoms with Gasteiger partial charge in [-0.05, 0) is 24.8 Å². The summed E-state index contributed by atoms with van der Waals surface area (Å²) in [5.74, 6) is 0. The predicted molar refractivity (Wildman–Crippen MR) is 77.7 cm³/mol. The molecule has 1 aliphatic carbocycles. The van der Waals surface area contributed by atoms with Gasteiger partial charge in [0.2, 0.25) is 0 Å². The van der Waals surface area contributed by atoms with E-state index in [0.29, 0.717) is 12.1 Å². The molecule has 2 rings (SSSR count). The summed E-state index contributed by atoms with van der Waals surface area (Å²) in [6, 6.07) is 11.8. The minimum Gasteiger partial charge on any atom is -0.328 e. The molecule has 0 spiro atoms. The lowest BCUT2D eigenvalue weighted by atomic mass is 9.83. The van der Waals surface area contributed by atoms with Crippen LogP contribution in [0.15, 0.2) is 30.3 Å². The molecule has 0 aromatic heterocycles. The molecule has 3 N–H and O–H groups in total. The van der Waals surface area contributed by atoms with E-state index in [2.05, 4.69) is 49.5 Å². The Kier molecular flexibility index (Phi) is 4.41. The largest absolute Gasteiger partial charge is 0.328 e. The van der Waals surface area contributed by atoms with Crippen molar-refractivity contribution in [3.8, 4) is 0 Å². The van der Waals surface area contributed by atoms with Gasteiger partial charge in [0.1, 0.15) is 0 Å². The van der Waals surface area contributed by atoms with Crippen LogP contribution in [0.1, 0.15) is 45.1 Å². The maximum Gasteiger partial charge on any atom is 0.00821 e. The lowest BCUT2D eigenvalue weighted by Gasteiger charge is -2.32. The monoisotopic (exact) mass is 246 g/mol. The second-order valence-electron chi connectivity index (χ2n) is 6.25. The molecule has 1 aromatic rings. The quantitative estimate of drug-likeness (QED) is 0.857. The van der Waals surface area contributed by atoms with Crippen molar-refractivity contribution in [3.63, 3.8) is 0 Å². The highest BCUT2D eigenvalue weighted by Crippen LogP contribution is 2.23. The molecule has 1 aromatic carbocycles. The third-order valence-corrected chi connectivity index (χ3v) is 4.10. The average molecular weight is 246 g/mol. The Labute approximate surface area is 111 Å². The Morgan fingerprint density at radius 3 is 2.61 bits per heavy atom. The molecule has 1 aliphatic rings. The van der Waals surface area contributed by atoms with Crippen molar-refractivity contribution in [2.75, 3.05) is 6.54 Å². The van der Waals surface area contributed by atoms with E-state index in [-0.39, 0.29) is 5.41 Å². The van der Waals surface area contributed by atoms with Crippen LogP contribution in [0.4, 0.5) is 0 Å². The minimum absolute atomic E-state index is 0.183. The number of rotatable bonds is 4. The van der Waals surface area contributed by atoms with E-state index in [0.717, 1.165) is 13.0 Å². The van der Waals surface area contributed by atoms with Gasteiger partial charge in [-0.3, -0.25) is 0 Å². The van der Waals surface area contributed by atoms with Crippen molar-refractivity contribution in [2.45, 2.75) is 57.0 Å². The van der Waals surface area contributed by atoms with E-state index < -0.39 is 0 Å². The van der Waals surface area contributed by atoms with E-state index >= 15 is 0 Å². The highest BCUT2D eigenvalue weighted by Gasteiger charge is 2.24. The predicted octanol–water partition coefficient (Wildman–Crippen LogP) is 2.82. The van der Waals surface area contributed by atoms with Crippen LogP contribution in [0.3, 0.4) is 0 Å². The average Bonchev–Trinajstić information content (AvgIpc) is 2.38. The first-order valence-corrected chi connectivity index (χ1v) is 7.12. The van der Waals surface area contributed by atoms with Gasteiger partial charge in [0, 0.05) is 24.0 Å². The molecular formula is C16H26N2. The van der Waals surface area contributed by atoms with E-state index in [1.165, 1.54) is 24.8 Å². The van der Waals surface area contributed by atoms with Crippen LogP contribution in [0.2, 0.25) is 0 Å². The zero-order valence-electron chi connectivity index (χ0n) is 11.7. The lowest BCUT2D eigenvalue weighted by Crippen LogP contribution is -2.44. The van der Waals surface area contributed by atoms with Gasteiger partial charge >= 0.3 is 0 Å². The highest BCUT2D eigenvalue weighted by atomic mass is 14.9. The molecule has 0 saturated heterocycles. The van der Waals surface area contributed by atoms with Gasteiger partial charge in [0.25, 0.3) is 0 Å². The van der Waals surface area contributed by atoms with Crippen LogP contribution in [0.25, 0.3) is 0 Å². The molecule has 1 fully saturated rings. The second-order valence-corrected chi connectivity index (χ2v) is 6.25. The van der Waals surface area contributed by atoms with Crippen LogP contribution in [0, 0.1) is 0 Å². The van der Waals surface area contributed by atoms with Crippen LogP contribution < -0.4 is 11.1 Å². The molecule has 0 amide bonds. The van der Waals surface area contributed by atoms with Gasteiger partial charge < -0.3 is 11.1 Å². The van der Waals surface area contributed by atoms with Gasteiger partial charge in [0.15, 0.2) is 0 Å². The second kappa shape index (κ2) is 5.85. The fourth-order valence-electron chi connectivity index (χ4n) is 2.80. The SMILES string of the molecule is CC(C)(CNC1CCCC(N)C1)c1ccccc1. The first-order valence-electron chi connectivity index (χ1n) is 7.12. The van der Waals surface area contributed by atoms with Gasteiger partial charge in [-0.15, -0.1) is 0 Å². The van der Waals surface area contributed by atoms with E-state index in [1.54, 1.807) is 0 Å². The number of hydrogen-bond acceptors (Lipinski definition) is 2. The number of benzene rings is 1. The third kappa shape index (κ3) is 3.56. The summed E-state index contributed by atoms with van der Waals surface area (Å²) in [7, 11) is 0. The molecule has 18 heavy (non-hydrogen) atoms. The first-order chi connectivity index (χ1) is 8.58. The topological polar surface area (TPSA) is 38.0 Å². The Balaban J connectivity index is 1.89. The van der Waals surface area contributed by atoms with Gasteiger partial charge in [0.05, 0.1) is 0 Å². The summed E-state index contributed by atoms with van der Waals surface area (Å²) in [5.41, 5.74) is 7.62. The van der Waals surface area contributed by atoms with Crippen LogP contribution in [-0.4, -0.2) is 18.6 Å². The normalized spacial score (nSPS) is 25.1. The van der Waals surface area contributed by atoms with Crippen LogP contribution in [-0.2, 0) is 5.41 Å². The molecule has 0 aliphatic heterocycles. The summed E-state index contributed by atoms with van der Waals surface area (Å²) in [6.45, 7) is 5.63. The van der Waals surface area contributed by atoms with Crippen molar-refractivity contribution < 1.29 is 0 Å². The molecule has 2 unspecified atom stereocenters. The van der Waals surface area contributed by atoms with Crippen molar-refractivity contribution in [3.05, 3.63) is 35.9 Å². The number of nitrogens with one attached hydrogen (secondary N) is 1. The Hall–Kier alpha value is -0.860. The molecule has 0 bridgehead atoms. The van der Waals surface area contributed by atoms with E-state index in [4.69, 9.17) is 5.73 Å². The number of hydrogen-bond donors (Lipinski definition) is 2. The molecule has 0 radical (unpaired) electrons. The zero-order chi connectivity index (χ0) is 13.0. The maximum atomic E-state index is 6.04. The summed E-state index contributed by atoms with van der Waals surface area (Å²) in [6.07, 6.45) is 4.87. The Morgan fingerprint density at radius 2 is 1.94 bits per heavy atom. The Bertz CT molecular complexity index is 359. The fraction of sp³-hybridized carbons (Fsp3) is 0.625. The Morgan fingerprint density at radius 1 is 1.22 bits per heavy atom. The van der Waals surface area contributed by atoms with Crippen molar-refractivity contribution >= 4 is 0 Å². The van der Waals surface area contributed by atoms with E-state index in [1.807, 2.05) is 0 Å². The van der Waals surface area contributed by atoms with Gasteiger partial charge in [-0.1, -0.05) is 50.6 Å². The van der Waals surface area contributed by atoms with Crippen LogP contribution >= 0.6 is 0 Å². The van der Waals surface area contributed by atoms with Crippen molar-refractivity contribution in [2.24, 2.45) is 5.73 Å². The van der Waals surface area contributed by atoms with Crippen molar-refractivity contribution in [1.29, 1.82) is 0 Å². The van der Waals surface area contributed by atoms with Gasteiger partial charge in [-0.25, -0.2) is 0 Å². The lowest BCUT2D eigenvalue weighted by molar-refractivity contribution is 0.317. The van der Waals surface area contributed by atoms with E-state index in [9.17, 15) is 0 Å². The molecule has 0 heterocycles. The molecule has 2 nitrogen and oxygen atoms in total. The maximum absolute atomic E-state index is 6.04. The fourth-order valence-corrected chi connectivity index (χ4v) is 2.80. The zero-order valence-corrected chi connectivity index (χ0v) is 11.7. The first kappa shape index (κ1) is 13.6. The smallest absolute Gasteiger partial charge is 0.00821 e. The molecule has 1 saturated carbocycles. The van der Waals surface area contributed by atoms with Crippen molar-refractivity contribution in [1.82, 2.24) is 5.32 Å². The summed E-state index contributed by atoms with van der Waals surface area (Å²) in [4.78, 5) is 0.